The van der Waals surface area contributed by atoms with Gasteiger partial charge in [0.25, 0.3) is 5.91 Å². The van der Waals surface area contributed by atoms with Gasteiger partial charge in [-0.1, -0.05) is 23.7 Å². The molecule has 1 aliphatic heterocycles. The predicted octanol–water partition coefficient (Wildman–Crippen LogP) is 4.02. The van der Waals surface area contributed by atoms with E-state index in [0.29, 0.717) is 33.9 Å². The van der Waals surface area contributed by atoms with Crippen molar-refractivity contribution in [3.8, 4) is 5.75 Å². The molecule has 0 saturated carbocycles. The van der Waals surface area contributed by atoms with Gasteiger partial charge >= 0.3 is 0 Å². The van der Waals surface area contributed by atoms with Crippen molar-refractivity contribution in [2.45, 2.75) is 13.0 Å². The zero-order valence-electron chi connectivity index (χ0n) is 14.3. The van der Waals surface area contributed by atoms with Crippen molar-refractivity contribution in [2.24, 2.45) is 0 Å². The number of benzene rings is 2. The molecule has 0 fully saturated rings. The normalized spacial score (nSPS) is 16.2. The van der Waals surface area contributed by atoms with E-state index < -0.39 is 6.04 Å². The summed E-state index contributed by atoms with van der Waals surface area (Å²) in [5.41, 5.74) is 1.23. The Labute approximate surface area is 154 Å². The van der Waals surface area contributed by atoms with Crippen LogP contribution in [0.1, 0.15) is 34.6 Å². The Morgan fingerprint density at radius 2 is 2.00 bits per heavy atom. The molecular formula is C20H16ClNO4. The monoisotopic (exact) mass is 369 g/mol. The number of carbonyl (C=O) groups is 1. The SMILES string of the molecule is CCOc1cccc([C@H]2c3c(oc4ccc(Cl)cc4c3=O)C(=O)N2C)c1. The van der Waals surface area contributed by atoms with Crippen molar-refractivity contribution in [1.82, 2.24) is 4.90 Å². The smallest absolute Gasteiger partial charge is 0.290 e. The number of halogens is 1. The molecule has 1 atom stereocenters. The van der Waals surface area contributed by atoms with Crippen molar-refractivity contribution < 1.29 is 13.9 Å². The van der Waals surface area contributed by atoms with Gasteiger partial charge in [0.1, 0.15) is 11.3 Å². The lowest BCUT2D eigenvalue weighted by molar-refractivity contribution is 0.0771. The van der Waals surface area contributed by atoms with Crippen LogP contribution in [-0.2, 0) is 0 Å². The maximum Gasteiger partial charge on any atom is 0.290 e. The zero-order valence-corrected chi connectivity index (χ0v) is 15.0. The summed E-state index contributed by atoms with van der Waals surface area (Å²) in [4.78, 5) is 27.3. The van der Waals surface area contributed by atoms with Crippen LogP contribution >= 0.6 is 11.6 Å². The Bertz CT molecular complexity index is 1090. The van der Waals surface area contributed by atoms with Crippen LogP contribution in [0, 0.1) is 0 Å². The summed E-state index contributed by atoms with van der Waals surface area (Å²) < 4.78 is 11.3. The van der Waals surface area contributed by atoms with Gasteiger partial charge in [0.15, 0.2) is 5.43 Å². The molecule has 4 rings (SSSR count). The fourth-order valence-electron chi connectivity index (χ4n) is 3.39. The van der Waals surface area contributed by atoms with Gasteiger partial charge in [-0.15, -0.1) is 0 Å². The number of rotatable bonds is 3. The third kappa shape index (κ3) is 2.47. The third-order valence-corrected chi connectivity index (χ3v) is 4.78. The molecule has 132 valence electrons. The molecule has 0 radical (unpaired) electrons. The maximum absolute atomic E-state index is 13.1. The molecule has 5 nitrogen and oxygen atoms in total. The molecule has 0 spiro atoms. The van der Waals surface area contributed by atoms with Gasteiger partial charge < -0.3 is 14.1 Å². The van der Waals surface area contributed by atoms with Gasteiger partial charge in [0.2, 0.25) is 5.76 Å². The van der Waals surface area contributed by atoms with Gasteiger partial charge in [-0.05, 0) is 42.8 Å². The second-order valence-electron chi connectivity index (χ2n) is 6.14. The second kappa shape index (κ2) is 6.18. The fourth-order valence-corrected chi connectivity index (χ4v) is 3.56. The first-order valence-corrected chi connectivity index (χ1v) is 8.65. The van der Waals surface area contributed by atoms with Crippen molar-refractivity contribution in [1.29, 1.82) is 0 Å². The molecule has 1 amide bonds. The highest BCUT2D eigenvalue weighted by molar-refractivity contribution is 6.31. The Hall–Kier alpha value is -2.79. The molecule has 0 aliphatic carbocycles. The molecule has 1 aromatic heterocycles. The Morgan fingerprint density at radius 3 is 2.77 bits per heavy atom. The molecule has 0 bridgehead atoms. The summed E-state index contributed by atoms with van der Waals surface area (Å²) >= 11 is 6.03. The predicted molar refractivity (Wildman–Crippen MR) is 99.0 cm³/mol. The zero-order chi connectivity index (χ0) is 18.4. The number of hydrogen-bond donors (Lipinski definition) is 0. The molecule has 0 N–H and O–H groups in total. The third-order valence-electron chi connectivity index (χ3n) is 4.55. The van der Waals surface area contributed by atoms with Crippen molar-refractivity contribution in [3.05, 3.63) is 74.6 Å². The first-order chi connectivity index (χ1) is 12.5. The molecule has 0 saturated heterocycles. The Morgan fingerprint density at radius 1 is 1.19 bits per heavy atom. The highest BCUT2D eigenvalue weighted by Crippen LogP contribution is 2.38. The summed E-state index contributed by atoms with van der Waals surface area (Å²) in [6, 6.07) is 11.7. The van der Waals surface area contributed by atoms with E-state index in [2.05, 4.69) is 0 Å². The van der Waals surface area contributed by atoms with E-state index in [1.807, 2.05) is 31.2 Å². The number of amides is 1. The molecule has 6 heteroatoms. The number of carbonyl (C=O) groups excluding carboxylic acids is 1. The summed E-state index contributed by atoms with van der Waals surface area (Å²) in [6.07, 6.45) is 0. The van der Waals surface area contributed by atoms with Gasteiger partial charge in [0, 0.05) is 12.1 Å². The van der Waals surface area contributed by atoms with Crippen LogP contribution in [0.4, 0.5) is 0 Å². The number of hydrogen-bond acceptors (Lipinski definition) is 4. The minimum atomic E-state index is -0.530. The fraction of sp³-hybridized carbons (Fsp3) is 0.200. The van der Waals surface area contributed by atoms with E-state index in [0.717, 1.165) is 5.56 Å². The standard InChI is InChI=1S/C20H16ClNO4/c1-3-25-13-6-4-5-11(9-13)17-16-18(23)14-10-12(21)7-8-15(14)26-19(16)20(24)22(17)2/h4-10,17H,3H2,1-2H3/t17-/m0/s1. The first kappa shape index (κ1) is 16.7. The highest BCUT2D eigenvalue weighted by atomic mass is 35.5. The molecule has 1 aliphatic rings. The molecule has 2 aromatic carbocycles. The minimum absolute atomic E-state index is 0.0825. The van der Waals surface area contributed by atoms with Crippen LogP contribution in [0.15, 0.2) is 51.7 Å². The van der Waals surface area contributed by atoms with Crippen LogP contribution in [0.25, 0.3) is 11.0 Å². The number of ether oxygens (including phenoxy) is 1. The largest absolute Gasteiger partial charge is 0.494 e. The second-order valence-corrected chi connectivity index (χ2v) is 6.57. The van der Waals surface area contributed by atoms with Gasteiger partial charge in [-0.3, -0.25) is 9.59 Å². The number of fused-ring (bicyclic) bond motifs is 2. The van der Waals surface area contributed by atoms with E-state index in [1.54, 1.807) is 25.2 Å². The summed E-state index contributed by atoms with van der Waals surface area (Å²) in [5, 5.41) is 0.808. The van der Waals surface area contributed by atoms with E-state index in [9.17, 15) is 9.59 Å². The lowest BCUT2D eigenvalue weighted by Gasteiger charge is -2.20. The topological polar surface area (TPSA) is 59.8 Å². The van der Waals surface area contributed by atoms with Gasteiger partial charge in [-0.2, -0.15) is 0 Å². The van der Waals surface area contributed by atoms with Crippen LogP contribution in [-0.4, -0.2) is 24.5 Å². The first-order valence-electron chi connectivity index (χ1n) is 8.27. The van der Waals surface area contributed by atoms with Crippen LogP contribution in [0.5, 0.6) is 5.75 Å². The molecule has 0 unspecified atom stereocenters. The van der Waals surface area contributed by atoms with E-state index in [-0.39, 0.29) is 17.1 Å². The Balaban J connectivity index is 1.96. The summed E-state index contributed by atoms with van der Waals surface area (Å²) in [6.45, 7) is 2.43. The molecular weight excluding hydrogens is 354 g/mol. The molecule has 26 heavy (non-hydrogen) atoms. The average molecular weight is 370 g/mol. The van der Waals surface area contributed by atoms with Crippen molar-refractivity contribution in [3.63, 3.8) is 0 Å². The average Bonchev–Trinajstić information content (AvgIpc) is 2.88. The van der Waals surface area contributed by atoms with Crippen molar-refractivity contribution >= 4 is 28.5 Å². The van der Waals surface area contributed by atoms with Gasteiger partial charge in [-0.25, -0.2) is 0 Å². The maximum atomic E-state index is 13.1. The van der Waals surface area contributed by atoms with E-state index >= 15 is 0 Å². The summed E-state index contributed by atoms with van der Waals surface area (Å²) in [5.74, 6) is 0.451. The summed E-state index contributed by atoms with van der Waals surface area (Å²) in [7, 11) is 1.66. The molecule has 2 heterocycles. The Kier molecular flexibility index (Phi) is 3.96. The number of nitrogens with zero attached hydrogens (tertiary/aromatic N) is 1. The van der Waals surface area contributed by atoms with Crippen LogP contribution in [0.2, 0.25) is 5.02 Å². The lowest BCUT2D eigenvalue weighted by Crippen LogP contribution is -2.25. The lowest BCUT2D eigenvalue weighted by atomic mass is 9.98. The van der Waals surface area contributed by atoms with E-state index in [1.165, 1.54) is 4.90 Å². The minimum Gasteiger partial charge on any atom is -0.494 e. The van der Waals surface area contributed by atoms with Gasteiger partial charge in [0.05, 0.1) is 23.6 Å². The van der Waals surface area contributed by atoms with Crippen LogP contribution in [0.3, 0.4) is 0 Å². The van der Waals surface area contributed by atoms with Crippen molar-refractivity contribution in [2.75, 3.05) is 13.7 Å². The quantitative estimate of drug-likeness (QED) is 0.699. The molecule has 3 aromatic rings. The van der Waals surface area contributed by atoms with E-state index in [4.69, 9.17) is 20.8 Å². The van der Waals surface area contributed by atoms with Crippen LogP contribution < -0.4 is 10.2 Å². The highest BCUT2D eigenvalue weighted by Gasteiger charge is 2.40.